The molecule has 0 bridgehead atoms. The third-order valence-electron chi connectivity index (χ3n) is 4.62. The average Bonchev–Trinajstić information content (AvgIpc) is 2.79. The van der Waals surface area contributed by atoms with Gasteiger partial charge in [-0.05, 0) is 30.3 Å². The molecule has 0 amide bonds. The fraction of sp³-hybridized carbons (Fsp3) is 0.0870. The van der Waals surface area contributed by atoms with Gasteiger partial charge in [0.2, 0.25) is 11.6 Å². The highest BCUT2D eigenvalue weighted by molar-refractivity contribution is 6.49. The fourth-order valence-corrected chi connectivity index (χ4v) is 2.99. The van der Waals surface area contributed by atoms with Gasteiger partial charge in [-0.3, -0.25) is 9.59 Å². The summed E-state index contributed by atoms with van der Waals surface area (Å²) in [5, 5.41) is 4.08. The molecule has 0 saturated carbocycles. The highest BCUT2D eigenvalue weighted by atomic mass is 16.2. The first-order valence-corrected chi connectivity index (χ1v) is 9.32. The SMILES string of the molecule is CN(C)c1cc2c(Nc3ccc(C(=O)C(=O)c4ccccc4)cc3)ncnc2cn1. The van der Waals surface area contributed by atoms with E-state index in [0.717, 1.165) is 22.4 Å². The molecule has 1 N–H and O–H groups in total. The molecule has 2 aromatic carbocycles. The van der Waals surface area contributed by atoms with Gasteiger partial charge in [0.1, 0.15) is 18.0 Å². The van der Waals surface area contributed by atoms with E-state index in [4.69, 9.17) is 0 Å². The van der Waals surface area contributed by atoms with Crippen molar-refractivity contribution >= 4 is 39.8 Å². The van der Waals surface area contributed by atoms with E-state index in [1.54, 1.807) is 60.8 Å². The number of ketones is 2. The minimum atomic E-state index is -0.540. The number of Topliss-reactive ketones (excluding diaryl/α,β-unsaturated/α-hetero) is 2. The maximum Gasteiger partial charge on any atom is 0.233 e. The van der Waals surface area contributed by atoms with Gasteiger partial charge in [-0.15, -0.1) is 0 Å². The molecule has 7 heteroatoms. The Morgan fingerprint density at radius 1 is 0.833 bits per heavy atom. The van der Waals surface area contributed by atoms with E-state index in [-0.39, 0.29) is 0 Å². The first-order valence-electron chi connectivity index (χ1n) is 9.32. The van der Waals surface area contributed by atoms with Gasteiger partial charge in [0.05, 0.1) is 11.7 Å². The molecular weight excluding hydrogens is 378 g/mol. The van der Waals surface area contributed by atoms with Crippen molar-refractivity contribution in [3.63, 3.8) is 0 Å². The number of carbonyl (C=O) groups excluding carboxylic acids is 2. The van der Waals surface area contributed by atoms with Gasteiger partial charge in [-0.25, -0.2) is 15.0 Å². The van der Waals surface area contributed by atoms with E-state index in [0.29, 0.717) is 16.9 Å². The smallest absolute Gasteiger partial charge is 0.233 e. The van der Waals surface area contributed by atoms with E-state index in [2.05, 4.69) is 20.3 Å². The number of carbonyl (C=O) groups is 2. The highest BCUT2D eigenvalue weighted by Crippen LogP contribution is 2.25. The molecule has 0 saturated heterocycles. The van der Waals surface area contributed by atoms with Crippen LogP contribution in [0.5, 0.6) is 0 Å². The van der Waals surface area contributed by atoms with Crippen molar-refractivity contribution in [3.05, 3.63) is 84.3 Å². The van der Waals surface area contributed by atoms with E-state index in [1.807, 2.05) is 25.1 Å². The van der Waals surface area contributed by atoms with Gasteiger partial charge < -0.3 is 10.2 Å². The Kier molecular flexibility index (Phi) is 5.17. The lowest BCUT2D eigenvalue weighted by Crippen LogP contribution is -2.14. The zero-order valence-corrected chi connectivity index (χ0v) is 16.5. The predicted molar refractivity (Wildman–Crippen MR) is 116 cm³/mol. The van der Waals surface area contributed by atoms with Gasteiger partial charge in [0.15, 0.2) is 0 Å². The van der Waals surface area contributed by atoms with Crippen molar-refractivity contribution < 1.29 is 9.59 Å². The molecule has 0 aliphatic rings. The molecule has 0 spiro atoms. The molecule has 148 valence electrons. The van der Waals surface area contributed by atoms with E-state index in [1.165, 1.54) is 6.33 Å². The normalized spacial score (nSPS) is 10.6. The van der Waals surface area contributed by atoms with Crippen LogP contribution in [0.1, 0.15) is 20.7 Å². The number of nitrogens with zero attached hydrogens (tertiary/aromatic N) is 4. The van der Waals surface area contributed by atoms with Crippen LogP contribution in [-0.2, 0) is 0 Å². The van der Waals surface area contributed by atoms with Crippen LogP contribution < -0.4 is 10.2 Å². The lowest BCUT2D eigenvalue weighted by atomic mass is 10.0. The summed E-state index contributed by atoms with van der Waals surface area (Å²) in [6, 6.07) is 17.2. The molecule has 2 heterocycles. The van der Waals surface area contributed by atoms with Crippen LogP contribution in [0.4, 0.5) is 17.3 Å². The number of benzene rings is 2. The highest BCUT2D eigenvalue weighted by Gasteiger charge is 2.18. The summed E-state index contributed by atoms with van der Waals surface area (Å²) in [7, 11) is 3.83. The van der Waals surface area contributed by atoms with Crippen LogP contribution in [-0.4, -0.2) is 40.6 Å². The molecule has 30 heavy (non-hydrogen) atoms. The van der Waals surface area contributed by atoms with Gasteiger partial charge >= 0.3 is 0 Å². The van der Waals surface area contributed by atoms with E-state index < -0.39 is 11.6 Å². The summed E-state index contributed by atoms with van der Waals surface area (Å²) in [5.41, 5.74) is 2.17. The summed E-state index contributed by atoms with van der Waals surface area (Å²) in [4.78, 5) is 39.7. The lowest BCUT2D eigenvalue weighted by Gasteiger charge is -2.13. The third kappa shape index (κ3) is 3.86. The molecule has 4 aromatic rings. The molecule has 4 rings (SSSR count). The van der Waals surface area contributed by atoms with Crippen molar-refractivity contribution in [2.75, 3.05) is 24.3 Å². The quantitative estimate of drug-likeness (QED) is 0.390. The van der Waals surface area contributed by atoms with Gasteiger partial charge in [-0.2, -0.15) is 0 Å². The topological polar surface area (TPSA) is 88.1 Å². The molecule has 0 radical (unpaired) electrons. The molecule has 0 aliphatic carbocycles. The third-order valence-corrected chi connectivity index (χ3v) is 4.62. The van der Waals surface area contributed by atoms with Crippen LogP contribution in [0.3, 0.4) is 0 Å². The number of aromatic nitrogens is 3. The second kappa shape index (κ2) is 8.08. The van der Waals surface area contributed by atoms with Crippen LogP contribution >= 0.6 is 0 Å². The standard InChI is InChI=1S/C23H19N5O2/c1-28(2)20-12-18-19(13-24-20)25-14-26-23(18)27-17-10-8-16(9-11-17)22(30)21(29)15-6-4-3-5-7-15/h3-14H,1-2H3,(H,25,26,27). The first-order chi connectivity index (χ1) is 14.5. The Morgan fingerprint density at radius 2 is 1.50 bits per heavy atom. The van der Waals surface area contributed by atoms with Crippen molar-refractivity contribution in [1.29, 1.82) is 0 Å². The van der Waals surface area contributed by atoms with Crippen molar-refractivity contribution in [2.24, 2.45) is 0 Å². The van der Waals surface area contributed by atoms with Crippen LogP contribution in [0.2, 0.25) is 0 Å². The minimum Gasteiger partial charge on any atom is -0.363 e. The summed E-state index contributed by atoms with van der Waals surface area (Å²) in [5.74, 6) is 0.356. The number of pyridine rings is 1. The maximum absolute atomic E-state index is 12.5. The fourth-order valence-electron chi connectivity index (χ4n) is 2.99. The number of hydrogen-bond acceptors (Lipinski definition) is 7. The molecule has 2 aromatic heterocycles. The summed E-state index contributed by atoms with van der Waals surface area (Å²) in [6.07, 6.45) is 3.17. The molecule has 0 fully saturated rings. The van der Waals surface area contributed by atoms with Crippen molar-refractivity contribution in [2.45, 2.75) is 0 Å². The number of nitrogens with one attached hydrogen (secondary N) is 1. The second-order valence-electron chi connectivity index (χ2n) is 6.90. The summed E-state index contributed by atoms with van der Waals surface area (Å²) in [6.45, 7) is 0. The Labute approximate surface area is 173 Å². The average molecular weight is 397 g/mol. The van der Waals surface area contributed by atoms with Crippen molar-refractivity contribution in [3.8, 4) is 0 Å². The van der Waals surface area contributed by atoms with Crippen molar-refractivity contribution in [1.82, 2.24) is 15.0 Å². The minimum absolute atomic E-state index is 0.334. The van der Waals surface area contributed by atoms with Gasteiger partial charge in [-0.1, -0.05) is 30.3 Å². The summed E-state index contributed by atoms with van der Waals surface area (Å²) >= 11 is 0. The van der Waals surface area contributed by atoms with Crippen LogP contribution in [0.15, 0.2) is 73.2 Å². The van der Waals surface area contributed by atoms with Gasteiger partial charge in [0.25, 0.3) is 0 Å². The number of hydrogen-bond donors (Lipinski definition) is 1. The summed E-state index contributed by atoms with van der Waals surface area (Å²) < 4.78 is 0. The largest absolute Gasteiger partial charge is 0.363 e. The Hall–Kier alpha value is -4.13. The molecule has 0 unspecified atom stereocenters. The van der Waals surface area contributed by atoms with E-state index in [9.17, 15) is 9.59 Å². The molecule has 7 nitrogen and oxygen atoms in total. The predicted octanol–water partition coefficient (Wildman–Crippen LogP) is 3.90. The van der Waals surface area contributed by atoms with Crippen LogP contribution in [0, 0.1) is 0 Å². The Balaban J connectivity index is 1.57. The number of anilines is 3. The monoisotopic (exact) mass is 397 g/mol. The first kappa shape index (κ1) is 19.2. The van der Waals surface area contributed by atoms with Gasteiger partial charge in [0, 0.05) is 36.3 Å². The Morgan fingerprint density at radius 3 is 2.17 bits per heavy atom. The molecule has 0 atom stereocenters. The maximum atomic E-state index is 12.5. The number of fused-ring (bicyclic) bond motifs is 1. The lowest BCUT2D eigenvalue weighted by molar-refractivity contribution is 0.0817. The number of rotatable bonds is 6. The van der Waals surface area contributed by atoms with E-state index >= 15 is 0 Å². The molecular formula is C23H19N5O2. The molecule has 0 aliphatic heterocycles. The zero-order chi connectivity index (χ0) is 21.1. The second-order valence-corrected chi connectivity index (χ2v) is 6.90. The van der Waals surface area contributed by atoms with Crippen LogP contribution in [0.25, 0.3) is 10.9 Å². The zero-order valence-electron chi connectivity index (χ0n) is 16.5. The Bertz CT molecular complexity index is 1220.